The van der Waals surface area contributed by atoms with Crippen molar-refractivity contribution < 1.29 is 8.42 Å². The Balaban J connectivity index is 2.39. The van der Waals surface area contributed by atoms with Crippen LogP contribution in [0, 0.1) is 12.8 Å². The zero-order valence-corrected chi connectivity index (χ0v) is 13.6. The van der Waals surface area contributed by atoms with Gasteiger partial charge in [0.1, 0.15) is 0 Å². The lowest BCUT2D eigenvalue weighted by atomic mass is 9.99. The number of aryl methyl sites for hydroxylation is 1. The van der Waals surface area contributed by atoms with E-state index in [1.54, 1.807) is 6.07 Å². The molecule has 102 valence electrons. The first kappa shape index (κ1) is 14.5. The Morgan fingerprint density at radius 3 is 2.78 bits per heavy atom. The number of hydrogen-bond acceptors (Lipinski definition) is 4. The summed E-state index contributed by atoms with van der Waals surface area (Å²) in [5, 5.41) is 0. The predicted octanol–water partition coefficient (Wildman–Crippen LogP) is 2.52. The van der Waals surface area contributed by atoms with Crippen molar-refractivity contribution in [1.82, 2.24) is 4.31 Å². The second-order valence-corrected chi connectivity index (χ2v) is 9.19. The average molecular weight is 353 g/mol. The van der Waals surface area contributed by atoms with Crippen LogP contribution in [-0.4, -0.2) is 25.4 Å². The van der Waals surface area contributed by atoms with Gasteiger partial charge in [-0.05, 0) is 47.7 Å². The average Bonchev–Trinajstić information content (AvgIpc) is 2.62. The number of nitrogens with two attached hydrogens (primary N) is 1. The van der Waals surface area contributed by atoms with Crippen molar-refractivity contribution in [3.63, 3.8) is 0 Å². The summed E-state index contributed by atoms with van der Waals surface area (Å²) in [6, 6.07) is 1.67. The van der Waals surface area contributed by atoms with Crippen LogP contribution in [0.2, 0.25) is 0 Å². The van der Waals surface area contributed by atoms with E-state index >= 15 is 0 Å². The fraction of sp³-hybridized carbons (Fsp3) is 0.636. The fourth-order valence-electron chi connectivity index (χ4n) is 2.27. The third kappa shape index (κ3) is 2.51. The molecule has 1 saturated heterocycles. The summed E-state index contributed by atoms with van der Waals surface area (Å²) in [6.07, 6.45) is 1.44. The lowest BCUT2D eigenvalue weighted by molar-refractivity contribution is 0.192. The molecule has 1 aliphatic heterocycles. The van der Waals surface area contributed by atoms with Gasteiger partial charge in [0.15, 0.2) is 0 Å². The first-order chi connectivity index (χ1) is 8.34. The first-order valence-corrected chi connectivity index (χ1v) is 8.92. The van der Waals surface area contributed by atoms with Gasteiger partial charge >= 0.3 is 0 Å². The van der Waals surface area contributed by atoms with E-state index in [9.17, 15) is 8.42 Å². The molecule has 2 unspecified atom stereocenters. The van der Waals surface area contributed by atoms with Crippen LogP contribution < -0.4 is 5.73 Å². The van der Waals surface area contributed by atoms with Gasteiger partial charge in [-0.3, -0.25) is 0 Å². The molecule has 0 aromatic carbocycles. The lowest BCUT2D eigenvalue weighted by Crippen LogP contribution is -2.52. The zero-order valence-electron chi connectivity index (χ0n) is 10.4. The van der Waals surface area contributed by atoms with Crippen LogP contribution in [0.4, 0.5) is 0 Å². The summed E-state index contributed by atoms with van der Waals surface area (Å²) >= 11 is 4.76. The Kier molecular flexibility index (Phi) is 4.18. The minimum absolute atomic E-state index is 0.205. The number of nitrogens with zero attached hydrogens (tertiary/aromatic N) is 1. The molecule has 18 heavy (non-hydrogen) atoms. The van der Waals surface area contributed by atoms with Crippen LogP contribution in [0.15, 0.2) is 14.7 Å². The monoisotopic (exact) mass is 352 g/mol. The SMILES string of the molecule is Cc1sc(Br)cc1S(=O)(=O)N1CCCC(C)C1N. The Morgan fingerprint density at radius 2 is 2.22 bits per heavy atom. The molecule has 1 aromatic rings. The minimum atomic E-state index is -3.47. The quantitative estimate of drug-likeness (QED) is 0.889. The maximum Gasteiger partial charge on any atom is 0.245 e. The molecule has 0 saturated carbocycles. The highest BCUT2D eigenvalue weighted by molar-refractivity contribution is 9.11. The summed E-state index contributed by atoms with van der Waals surface area (Å²) in [5.41, 5.74) is 6.04. The molecule has 4 nitrogen and oxygen atoms in total. The Hall–Kier alpha value is 0.0500. The molecule has 0 amide bonds. The van der Waals surface area contributed by atoms with Crippen LogP contribution in [0.5, 0.6) is 0 Å². The van der Waals surface area contributed by atoms with Gasteiger partial charge in [-0.1, -0.05) is 6.92 Å². The normalized spacial score (nSPS) is 26.4. The number of thiophene rings is 1. The predicted molar refractivity (Wildman–Crippen MR) is 77.0 cm³/mol. The highest BCUT2D eigenvalue weighted by atomic mass is 79.9. The van der Waals surface area contributed by atoms with E-state index in [1.165, 1.54) is 15.6 Å². The molecule has 1 aromatic heterocycles. The summed E-state index contributed by atoms with van der Waals surface area (Å²) < 4.78 is 27.5. The summed E-state index contributed by atoms with van der Waals surface area (Å²) in [4.78, 5) is 1.18. The number of piperidine rings is 1. The van der Waals surface area contributed by atoms with Crippen molar-refractivity contribution in [3.8, 4) is 0 Å². The highest BCUT2D eigenvalue weighted by Gasteiger charge is 2.36. The van der Waals surface area contributed by atoms with Crippen LogP contribution in [-0.2, 0) is 10.0 Å². The van der Waals surface area contributed by atoms with Gasteiger partial charge in [0, 0.05) is 11.4 Å². The molecule has 2 atom stereocenters. The minimum Gasteiger partial charge on any atom is -0.315 e. The van der Waals surface area contributed by atoms with Crippen LogP contribution in [0.25, 0.3) is 0 Å². The second-order valence-electron chi connectivity index (χ2n) is 4.70. The van der Waals surface area contributed by atoms with Gasteiger partial charge in [-0.2, -0.15) is 4.31 Å². The summed E-state index contributed by atoms with van der Waals surface area (Å²) in [6.45, 7) is 4.34. The van der Waals surface area contributed by atoms with Crippen molar-refractivity contribution in [2.45, 2.75) is 37.8 Å². The second kappa shape index (κ2) is 5.20. The van der Waals surface area contributed by atoms with E-state index in [0.717, 1.165) is 21.5 Å². The van der Waals surface area contributed by atoms with Gasteiger partial charge in [0.25, 0.3) is 0 Å². The number of hydrogen-bond donors (Lipinski definition) is 1. The molecular formula is C11H17BrN2O2S2. The van der Waals surface area contributed by atoms with Crippen molar-refractivity contribution >= 4 is 37.3 Å². The lowest BCUT2D eigenvalue weighted by Gasteiger charge is -2.36. The molecule has 1 aliphatic rings. The summed E-state index contributed by atoms with van der Waals surface area (Å²) in [7, 11) is -3.47. The van der Waals surface area contributed by atoms with E-state index in [4.69, 9.17) is 5.73 Å². The summed E-state index contributed by atoms with van der Waals surface area (Å²) in [5.74, 6) is 0.205. The molecule has 0 aliphatic carbocycles. The van der Waals surface area contributed by atoms with Crippen molar-refractivity contribution in [1.29, 1.82) is 0 Å². The number of halogens is 1. The fourth-order valence-corrected chi connectivity index (χ4v) is 6.30. The molecule has 7 heteroatoms. The topological polar surface area (TPSA) is 63.4 Å². The zero-order chi connectivity index (χ0) is 13.5. The van der Waals surface area contributed by atoms with E-state index < -0.39 is 16.2 Å². The van der Waals surface area contributed by atoms with Crippen LogP contribution in [0.1, 0.15) is 24.6 Å². The maximum absolute atomic E-state index is 12.6. The van der Waals surface area contributed by atoms with Gasteiger partial charge in [0.2, 0.25) is 10.0 Å². The van der Waals surface area contributed by atoms with Crippen molar-refractivity contribution in [2.75, 3.05) is 6.54 Å². The molecule has 1 fully saturated rings. The molecule has 0 bridgehead atoms. The van der Waals surface area contributed by atoms with E-state index in [-0.39, 0.29) is 5.92 Å². The molecule has 0 radical (unpaired) electrons. The third-order valence-corrected chi connectivity index (χ3v) is 7.09. The van der Waals surface area contributed by atoms with Gasteiger partial charge in [-0.25, -0.2) is 8.42 Å². The molecule has 2 heterocycles. The van der Waals surface area contributed by atoms with Crippen molar-refractivity contribution in [3.05, 3.63) is 14.7 Å². The molecule has 2 rings (SSSR count). The Labute approximate surface area is 120 Å². The molecular weight excluding hydrogens is 336 g/mol. The molecule has 0 spiro atoms. The van der Waals surface area contributed by atoms with Crippen LogP contribution >= 0.6 is 27.3 Å². The number of sulfonamides is 1. The standard InChI is InChI=1S/C11H17BrN2O2S2/c1-7-4-3-5-14(11(7)13)18(15,16)9-6-10(12)17-8(9)2/h6-7,11H,3-5,13H2,1-2H3. The van der Waals surface area contributed by atoms with E-state index in [1.807, 2.05) is 13.8 Å². The van der Waals surface area contributed by atoms with Gasteiger partial charge < -0.3 is 5.73 Å². The van der Waals surface area contributed by atoms with E-state index in [2.05, 4.69) is 15.9 Å². The number of rotatable bonds is 2. The van der Waals surface area contributed by atoms with Gasteiger partial charge in [0.05, 0.1) is 14.8 Å². The Morgan fingerprint density at radius 1 is 1.56 bits per heavy atom. The van der Waals surface area contributed by atoms with Gasteiger partial charge in [-0.15, -0.1) is 11.3 Å². The largest absolute Gasteiger partial charge is 0.315 e. The van der Waals surface area contributed by atoms with Crippen molar-refractivity contribution in [2.24, 2.45) is 11.7 Å². The molecule has 2 N–H and O–H groups in total. The first-order valence-electron chi connectivity index (χ1n) is 5.87. The van der Waals surface area contributed by atoms with E-state index in [0.29, 0.717) is 11.4 Å². The highest BCUT2D eigenvalue weighted by Crippen LogP contribution is 2.34. The third-order valence-electron chi connectivity index (χ3n) is 3.38. The van der Waals surface area contributed by atoms with Crippen LogP contribution in [0.3, 0.4) is 0 Å². The maximum atomic E-state index is 12.6. The smallest absolute Gasteiger partial charge is 0.245 e. The Bertz CT molecular complexity index is 541.